The van der Waals surface area contributed by atoms with E-state index in [1.807, 2.05) is 18.2 Å². The highest BCUT2D eigenvalue weighted by Gasteiger charge is 2.17. The van der Waals surface area contributed by atoms with E-state index >= 15 is 0 Å². The molecule has 1 heterocycles. The minimum atomic E-state index is 0.132. The third kappa shape index (κ3) is 3.13. The molecule has 0 saturated carbocycles. The van der Waals surface area contributed by atoms with Gasteiger partial charge in [0.25, 0.3) is 0 Å². The Labute approximate surface area is 134 Å². The van der Waals surface area contributed by atoms with Crippen molar-refractivity contribution in [3.8, 4) is 0 Å². The van der Waals surface area contributed by atoms with Crippen molar-refractivity contribution in [1.82, 2.24) is 5.32 Å². The summed E-state index contributed by atoms with van der Waals surface area (Å²) in [7, 11) is 0. The second kappa shape index (κ2) is 6.18. The van der Waals surface area contributed by atoms with Crippen molar-refractivity contribution in [2.45, 2.75) is 19.4 Å². The highest BCUT2D eigenvalue weighted by atomic mass is 35.5. The number of carbonyl (C=O) groups is 1. The van der Waals surface area contributed by atoms with Crippen LogP contribution in [0.2, 0.25) is 10.0 Å². The molecule has 1 N–H and O–H groups in total. The first-order valence-electron chi connectivity index (χ1n) is 6.94. The summed E-state index contributed by atoms with van der Waals surface area (Å²) in [5, 5.41) is 4.32. The molecule has 0 bridgehead atoms. The minimum Gasteiger partial charge on any atom is -0.312 e. The van der Waals surface area contributed by atoms with E-state index in [1.54, 1.807) is 12.1 Å². The molecule has 0 amide bonds. The van der Waals surface area contributed by atoms with E-state index in [-0.39, 0.29) is 5.78 Å². The zero-order valence-corrected chi connectivity index (χ0v) is 13.0. The Morgan fingerprint density at radius 2 is 2.00 bits per heavy atom. The molecule has 108 valence electrons. The third-order valence-corrected chi connectivity index (χ3v) is 4.53. The average Bonchev–Trinajstić information content (AvgIpc) is 2.50. The molecule has 21 heavy (non-hydrogen) atoms. The van der Waals surface area contributed by atoms with Gasteiger partial charge in [0.15, 0.2) is 5.78 Å². The molecule has 2 aromatic rings. The van der Waals surface area contributed by atoms with Crippen molar-refractivity contribution in [2.75, 3.05) is 6.54 Å². The number of ketones is 1. The number of nitrogens with one attached hydrogen (secondary N) is 1. The van der Waals surface area contributed by atoms with Crippen molar-refractivity contribution < 1.29 is 4.79 Å². The van der Waals surface area contributed by atoms with E-state index in [1.165, 1.54) is 11.1 Å². The molecule has 0 radical (unpaired) electrons. The maximum absolute atomic E-state index is 12.6. The summed E-state index contributed by atoms with van der Waals surface area (Å²) in [4.78, 5) is 12.6. The van der Waals surface area contributed by atoms with E-state index in [4.69, 9.17) is 23.2 Å². The van der Waals surface area contributed by atoms with Crippen LogP contribution in [0.15, 0.2) is 36.4 Å². The van der Waals surface area contributed by atoms with Gasteiger partial charge >= 0.3 is 0 Å². The quantitative estimate of drug-likeness (QED) is 0.864. The summed E-state index contributed by atoms with van der Waals surface area (Å²) in [5.41, 5.74) is 4.13. The highest BCUT2D eigenvalue weighted by Crippen LogP contribution is 2.24. The molecule has 4 heteroatoms. The summed E-state index contributed by atoms with van der Waals surface area (Å²) < 4.78 is 0. The molecule has 0 unspecified atom stereocenters. The topological polar surface area (TPSA) is 29.1 Å². The third-order valence-electron chi connectivity index (χ3n) is 3.79. The number of Topliss-reactive ketones (excluding diaryl/α,β-unsaturated/α-hetero) is 1. The lowest BCUT2D eigenvalue weighted by Crippen LogP contribution is -2.25. The standard InChI is InChI=1S/C17H15Cl2NO/c18-15-5-4-11(8-16(15)19)9-17(21)14-3-1-2-12-10-20-7-6-13(12)14/h1-5,8,20H,6-7,9-10H2. The van der Waals surface area contributed by atoms with E-state index in [9.17, 15) is 4.79 Å². The lowest BCUT2D eigenvalue weighted by Gasteiger charge is -2.19. The SMILES string of the molecule is O=C(Cc1ccc(Cl)c(Cl)c1)c1cccc2c1CCNC2. The molecule has 2 aromatic carbocycles. The Hall–Kier alpha value is -1.35. The van der Waals surface area contributed by atoms with E-state index in [0.717, 1.165) is 30.6 Å². The van der Waals surface area contributed by atoms with E-state index in [2.05, 4.69) is 11.4 Å². The fraction of sp³-hybridized carbons (Fsp3) is 0.235. The molecule has 0 aliphatic carbocycles. The normalized spacial score (nSPS) is 13.8. The molecular weight excluding hydrogens is 305 g/mol. The lowest BCUT2D eigenvalue weighted by molar-refractivity contribution is 0.0992. The van der Waals surface area contributed by atoms with Gasteiger partial charge in [-0.3, -0.25) is 4.79 Å². The van der Waals surface area contributed by atoms with Gasteiger partial charge in [-0.1, -0.05) is 47.5 Å². The molecule has 0 aromatic heterocycles. The predicted molar refractivity (Wildman–Crippen MR) is 86.3 cm³/mol. The molecule has 1 aliphatic heterocycles. The van der Waals surface area contributed by atoms with Gasteiger partial charge in [-0.25, -0.2) is 0 Å². The van der Waals surface area contributed by atoms with Crippen molar-refractivity contribution in [3.05, 3.63) is 68.7 Å². The number of carbonyl (C=O) groups excluding carboxylic acids is 1. The van der Waals surface area contributed by atoms with Crippen molar-refractivity contribution in [3.63, 3.8) is 0 Å². The summed E-state index contributed by atoms with van der Waals surface area (Å²) in [6, 6.07) is 11.3. The van der Waals surface area contributed by atoms with Crippen LogP contribution in [0.5, 0.6) is 0 Å². The molecule has 2 nitrogen and oxygen atoms in total. The van der Waals surface area contributed by atoms with Crippen LogP contribution < -0.4 is 5.32 Å². The van der Waals surface area contributed by atoms with Crippen LogP contribution >= 0.6 is 23.2 Å². The van der Waals surface area contributed by atoms with Crippen LogP contribution in [0.3, 0.4) is 0 Å². The first-order valence-corrected chi connectivity index (χ1v) is 7.69. The Balaban J connectivity index is 1.87. The number of hydrogen-bond acceptors (Lipinski definition) is 2. The number of fused-ring (bicyclic) bond motifs is 1. The second-order valence-electron chi connectivity index (χ2n) is 5.22. The lowest BCUT2D eigenvalue weighted by atomic mass is 9.91. The maximum Gasteiger partial charge on any atom is 0.167 e. The predicted octanol–water partition coefficient (Wildman–Crippen LogP) is 4.06. The zero-order valence-electron chi connectivity index (χ0n) is 11.5. The smallest absolute Gasteiger partial charge is 0.167 e. The Morgan fingerprint density at radius 3 is 2.81 bits per heavy atom. The average molecular weight is 320 g/mol. The molecule has 0 spiro atoms. The number of halogens is 2. The molecular formula is C17H15Cl2NO. The number of benzene rings is 2. The fourth-order valence-electron chi connectivity index (χ4n) is 2.72. The molecule has 0 fully saturated rings. The van der Waals surface area contributed by atoms with Crippen molar-refractivity contribution in [2.24, 2.45) is 0 Å². The van der Waals surface area contributed by atoms with E-state index in [0.29, 0.717) is 16.5 Å². The van der Waals surface area contributed by atoms with Crippen LogP contribution in [0.4, 0.5) is 0 Å². The largest absolute Gasteiger partial charge is 0.312 e. The first kappa shape index (κ1) is 14.6. The van der Waals surface area contributed by atoms with Gasteiger partial charge in [0.2, 0.25) is 0 Å². The Kier molecular flexibility index (Phi) is 4.29. The second-order valence-corrected chi connectivity index (χ2v) is 6.03. The van der Waals surface area contributed by atoms with Crippen molar-refractivity contribution in [1.29, 1.82) is 0 Å². The Morgan fingerprint density at radius 1 is 1.14 bits per heavy atom. The maximum atomic E-state index is 12.6. The minimum absolute atomic E-state index is 0.132. The van der Waals surface area contributed by atoms with Crippen molar-refractivity contribution >= 4 is 29.0 Å². The van der Waals surface area contributed by atoms with Crippen LogP contribution in [0.25, 0.3) is 0 Å². The summed E-state index contributed by atoms with van der Waals surface area (Å²) >= 11 is 11.9. The summed E-state index contributed by atoms with van der Waals surface area (Å²) in [6.45, 7) is 1.76. The van der Waals surface area contributed by atoms with Gasteiger partial charge in [0.05, 0.1) is 10.0 Å². The Bertz CT molecular complexity index is 697. The van der Waals surface area contributed by atoms with Gasteiger partial charge in [-0.05, 0) is 41.8 Å². The highest BCUT2D eigenvalue weighted by molar-refractivity contribution is 6.42. The van der Waals surface area contributed by atoms with Gasteiger partial charge in [-0.15, -0.1) is 0 Å². The van der Waals surface area contributed by atoms with Gasteiger partial charge in [0.1, 0.15) is 0 Å². The fourth-order valence-corrected chi connectivity index (χ4v) is 3.04. The summed E-state index contributed by atoms with van der Waals surface area (Å²) in [5.74, 6) is 0.132. The molecule has 3 rings (SSSR count). The molecule has 0 atom stereocenters. The molecule has 0 saturated heterocycles. The zero-order chi connectivity index (χ0) is 14.8. The van der Waals surface area contributed by atoms with Crippen LogP contribution in [-0.4, -0.2) is 12.3 Å². The molecule has 1 aliphatic rings. The number of hydrogen-bond donors (Lipinski definition) is 1. The van der Waals surface area contributed by atoms with Crippen LogP contribution in [-0.2, 0) is 19.4 Å². The van der Waals surface area contributed by atoms with Gasteiger partial charge < -0.3 is 5.32 Å². The van der Waals surface area contributed by atoms with Crippen LogP contribution in [0.1, 0.15) is 27.0 Å². The van der Waals surface area contributed by atoms with Gasteiger partial charge in [-0.2, -0.15) is 0 Å². The van der Waals surface area contributed by atoms with Crippen LogP contribution in [0, 0.1) is 0 Å². The first-order chi connectivity index (χ1) is 10.1. The van der Waals surface area contributed by atoms with Gasteiger partial charge in [0, 0.05) is 18.5 Å². The monoisotopic (exact) mass is 319 g/mol. The summed E-state index contributed by atoms with van der Waals surface area (Å²) in [6.07, 6.45) is 1.25. The number of rotatable bonds is 3. The van der Waals surface area contributed by atoms with E-state index < -0.39 is 0 Å².